The van der Waals surface area contributed by atoms with Gasteiger partial charge in [0.25, 0.3) is 10.0 Å². The first kappa shape index (κ1) is 18.4. The summed E-state index contributed by atoms with van der Waals surface area (Å²) in [6.07, 6.45) is 2.46. The number of hydrogen-bond donors (Lipinski definition) is 1. The summed E-state index contributed by atoms with van der Waals surface area (Å²) in [5.74, 6) is 0.795. The fourth-order valence-corrected chi connectivity index (χ4v) is 6.98. The molecule has 1 atom stereocenters. The summed E-state index contributed by atoms with van der Waals surface area (Å²) in [7, 11) is -1.47. The van der Waals surface area contributed by atoms with E-state index >= 15 is 0 Å². The summed E-state index contributed by atoms with van der Waals surface area (Å²) in [4.78, 5) is 2.29. The number of halogens is 1. The average Bonchev–Trinajstić information content (AvgIpc) is 3.05. The topological polar surface area (TPSA) is 58.6 Å². The maximum absolute atomic E-state index is 12.9. The van der Waals surface area contributed by atoms with E-state index in [9.17, 15) is 8.42 Å². The van der Waals surface area contributed by atoms with Crippen LogP contribution in [0.1, 0.15) is 30.9 Å². The van der Waals surface area contributed by atoms with E-state index in [1.807, 2.05) is 24.3 Å². The van der Waals surface area contributed by atoms with E-state index in [1.165, 1.54) is 11.3 Å². The van der Waals surface area contributed by atoms with Gasteiger partial charge in [0.05, 0.1) is 9.83 Å². The molecule has 0 aliphatic carbocycles. The van der Waals surface area contributed by atoms with Gasteiger partial charge >= 0.3 is 0 Å². The van der Waals surface area contributed by atoms with Crippen LogP contribution in [0.4, 0.5) is 0 Å². The van der Waals surface area contributed by atoms with Gasteiger partial charge in [-0.1, -0.05) is 18.2 Å². The average molecular weight is 457 g/mol. The smallest absolute Gasteiger partial charge is 0.250 e. The fraction of sp³-hybridized carbons (Fsp3) is 0.444. The molecule has 1 aromatic heterocycles. The van der Waals surface area contributed by atoms with Crippen molar-refractivity contribution in [2.45, 2.75) is 35.1 Å². The van der Waals surface area contributed by atoms with Crippen molar-refractivity contribution in [3.63, 3.8) is 0 Å². The van der Waals surface area contributed by atoms with Crippen molar-refractivity contribution >= 4 is 37.3 Å². The highest BCUT2D eigenvalue weighted by Gasteiger charge is 2.43. The Labute approximate surface area is 166 Å². The molecule has 1 N–H and O–H groups in total. The first-order valence-electron chi connectivity index (χ1n) is 8.61. The molecule has 1 spiro atoms. The first-order valence-corrected chi connectivity index (χ1v) is 11.7. The first-order chi connectivity index (χ1) is 12.4. The van der Waals surface area contributed by atoms with Gasteiger partial charge in [-0.25, -0.2) is 13.1 Å². The monoisotopic (exact) mass is 456 g/mol. The van der Waals surface area contributed by atoms with Gasteiger partial charge in [-0.2, -0.15) is 0 Å². The number of ether oxygens (including phenoxy) is 1. The van der Waals surface area contributed by atoms with Crippen LogP contribution in [-0.2, 0) is 10.0 Å². The molecule has 3 heterocycles. The lowest BCUT2D eigenvalue weighted by molar-refractivity contribution is -0.0179. The largest absolute Gasteiger partial charge is 0.487 e. The summed E-state index contributed by atoms with van der Waals surface area (Å²) < 4.78 is 36.2. The van der Waals surface area contributed by atoms with Crippen LogP contribution < -0.4 is 9.46 Å². The molecule has 8 heteroatoms. The van der Waals surface area contributed by atoms with Crippen molar-refractivity contribution in [2.75, 3.05) is 20.1 Å². The summed E-state index contributed by atoms with van der Waals surface area (Å²) in [6.45, 7) is 1.92. The van der Waals surface area contributed by atoms with Crippen LogP contribution >= 0.6 is 27.3 Å². The molecule has 26 heavy (non-hydrogen) atoms. The zero-order valence-electron chi connectivity index (χ0n) is 14.4. The highest BCUT2D eigenvalue weighted by atomic mass is 79.9. The van der Waals surface area contributed by atoms with Crippen molar-refractivity contribution in [1.29, 1.82) is 0 Å². The number of piperidine rings is 1. The third-order valence-electron chi connectivity index (χ3n) is 5.21. The number of likely N-dealkylation sites (tertiary alicyclic amines) is 1. The van der Waals surface area contributed by atoms with Gasteiger partial charge in [-0.3, -0.25) is 0 Å². The quantitative estimate of drug-likeness (QED) is 0.763. The Kier molecular flexibility index (Phi) is 4.90. The molecule has 140 valence electrons. The standard InChI is InChI=1S/C18H21BrN2O3S2/c1-21-10-8-18(9-11-21)12-14(13-4-2-3-5-15(13)24-18)20-26(22,23)17-7-6-16(19)25-17/h2-7,14,20H,8-12H2,1H3/t14-/m0/s1. The van der Waals surface area contributed by atoms with Crippen molar-refractivity contribution in [2.24, 2.45) is 0 Å². The molecule has 5 nitrogen and oxygen atoms in total. The Morgan fingerprint density at radius 2 is 1.96 bits per heavy atom. The minimum absolute atomic E-state index is 0.283. The molecule has 2 aromatic rings. The molecule has 1 fully saturated rings. The number of thiophene rings is 1. The van der Waals surface area contributed by atoms with Gasteiger partial charge in [0.2, 0.25) is 0 Å². The molecule has 2 aliphatic rings. The lowest BCUT2D eigenvalue weighted by Crippen LogP contribution is -2.51. The van der Waals surface area contributed by atoms with E-state index in [-0.39, 0.29) is 11.6 Å². The van der Waals surface area contributed by atoms with Crippen LogP contribution in [0.25, 0.3) is 0 Å². The summed E-state index contributed by atoms with van der Waals surface area (Å²) in [5, 5.41) is 0. The zero-order valence-corrected chi connectivity index (χ0v) is 17.7. The van der Waals surface area contributed by atoms with Crippen molar-refractivity contribution in [3.8, 4) is 5.75 Å². The number of fused-ring (bicyclic) bond motifs is 1. The second-order valence-electron chi connectivity index (χ2n) is 7.06. The fourth-order valence-electron chi connectivity index (χ4n) is 3.74. The predicted molar refractivity (Wildman–Crippen MR) is 106 cm³/mol. The Bertz CT molecular complexity index is 905. The number of hydrogen-bond acceptors (Lipinski definition) is 5. The molecular formula is C18H21BrN2O3S2. The number of nitrogens with zero attached hydrogens (tertiary/aromatic N) is 1. The maximum Gasteiger partial charge on any atom is 0.250 e. The zero-order chi connectivity index (χ0) is 18.4. The van der Waals surface area contributed by atoms with Crippen LogP contribution in [0.2, 0.25) is 0 Å². The van der Waals surface area contributed by atoms with E-state index in [0.717, 1.165) is 41.0 Å². The van der Waals surface area contributed by atoms with Gasteiger partial charge in [-0.05, 0) is 54.0 Å². The van der Waals surface area contributed by atoms with Gasteiger partial charge in [0.1, 0.15) is 15.6 Å². The molecule has 1 aromatic carbocycles. The molecule has 0 bridgehead atoms. The number of sulfonamides is 1. The maximum atomic E-state index is 12.9. The Hall–Kier alpha value is -0.930. The van der Waals surface area contributed by atoms with E-state index < -0.39 is 10.0 Å². The lowest BCUT2D eigenvalue weighted by atomic mass is 9.81. The Balaban J connectivity index is 1.66. The minimum atomic E-state index is -3.58. The second kappa shape index (κ2) is 6.91. The molecule has 0 unspecified atom stereocenters. The van der Waals surface area contributed by atoms with Crippen LogP contribution in [-0.4, -0.2) is 39.1 Å². The summed E-state index contributed by atoms with van der Waals surface area (Å²) in [6, 6.07) is 10.9. The summed E-state index contributed by atoms with van der Waals surface area (Å²) in [5.41, 5.74) is 0.612. The normalized spacial score (nSPS) is 22.8. The van der Waals surface area contributed by atoms with Crippen molar-refractivity contribution < 1.29 is 13.2 Å². The van der Waals surface area contributed by atoms with Crippen molar-refractivity contribution in [3.05, 3.63) is 45.7 Å². The SMILES string of the molecule is CN1CCC2(CC1)C[C@H](NS(=O)(=O)c1ccc(Br)s1)c1ccccc1O2. The lowest BCUT2D eigenvalue weighted by Gasteiger charge is -2.46. The molecule has 4 rings (SSSR count). The number of nitrogens with one attached hydrogen (secondary N) is 1. The van der Waals surface area contributed by atoms with E-state index in [1.54, 1.807) is 12.1 Å². The highest BCUT2D eigenvalue weighted by molar-refractivity contribution is 9.11. The van der Waals surface area contributed by atoms with Crippen LogP contribution in [0, 0.1) is 0 Å². The predicted octanol–water partition coefficient (Wildman–Crippen LogP) is 3.78. The van der Waals surface area contributed by atoms with Crippen LogP contribution in [0.3, 0.4) is 0 Å². The molecule has 0 amide bonds. The van der Waals surface area contributed by atoms with E-state index in [2.05, 4.69) is 32.6 Å². The molecule has 0 radical (unpaired) electrons. The van der Waals surface area contributed by atoms with Crippen molar-refractivity contribution in [1.82, 2.24) is 9.62 Å². The van der Waals surface area contributed by atoms with Gasteiger partial charge in [0.15, 0.2) is 0 Å². The van der Waals surface area contributed by atoms with Gasteiger partial charge < -0.3 is 9.64 Å². The van der Waals surface area contributed by atoms with Crippen LogP contribution in [0.15, 0.2) is 44.4 Å². The second-order valence-corrected chi connectivity index (χ2v) is 11.5. The van der Waals surface area contributed by atoms with Gasteiger partial charge in [-0.15, -0.1) is 11.3 Å². The Morgan fingerprint density at radius 1 is 1.23 bits per heavy atom. The third kappa shape index (κ3) is 3.57. The minimum Gasteiger partial charge on any atom is -0.487 e. The molecule has 0 saturated carbocycles. The van der Waals surface area contributed by atoms with E-state index in [4.69, 9.17) is 4.74 Å². The van der Waals surface area contributed by atoms with E-state index in [0.29, 0.717) is 10.6 Å². The third-order valence-corrected chi connectivity index (χ3v) is 8.79. The number of para-hydroxylation sites is 1. The Morgan fingerprint density at radius 3 is 2.65 bits per heavy atom. The number of benzene rings is 1. The van der Waals surface area contributed by atoms with Gasteiger partial charge in [0, 0.05) is 25.1 Å². The van der Waals surface area contributed by atoms with Crippen LogP contribution in [0.5, 0.6) is 5.75 Å². The number of rotatable bonds is 3. The summed E-state index contributed by atoms with van der Waals surface area (Å²) >= 11 is 4.56. The molecular weight excluding hydrogens is 436 g/mol. The highest BCUT2D eigenvalue weighted by Crippen LogP contribution is 2.44. The molecule has 2 aliphatic heterocycles. The molecule has 1 saturated heterocycles.